The lowest BCUT2D eigenvalue weighted by atomic mass is 10.2. The summed E-state index contributed by atoms with van der Waals surface area (Å²) in [4.78, 5) is 6.77. The molecule has 2 heterocycles. The van der Waals surface area contributed by atoms with Gasteiger partial charge in [-0.1, -0.05) is 18.2 Å². The van der Waals surface area contributed by atoms with E-state index in [1.165, 1.54) is 11.3 Å². The molecule has 2 aromatic rings. The zero-order chi connectivity index (χ0) is 17.5. The number of guanidine groups is 1. The maximum Gasteiger partial charge on any atom is 0.191 e. The third-order valence-electron chi connectivity index (χ3n) is 4.49. The standard InChI is InChI=1S/C19H28N6/c1-16-13-22-25(14-16)11-6-10-21-19(20-2)23-17-9-12-24(15-17)18-7-4-3-5-8-18/h3-5,7-8,13-14,17H,6,9-12,15H2,1-2H3,(H2,20,21,23). The molecule has 0 amide bonds. The van der Waals surface area contributed by atoms with E-state index < -0.39 is 0 Å². The van der Waals surface area contributed by atoms with Crippen molar-refractivity contribution in [2.24, 2.45) is 4.99 Å². The molecule has 0 radical (unpaired) electrons. The van der Waals surface area contributed by atoms with Gasteiger partial charge < -0.3 is 15.5 Å². The molecule has 1 unspecified atom stereocenters. The summed E-state index contributed by atoms with van der Waals surface area (Å²) in [5, 5.41) is 11.3. The van der Waals surface area contributed by atoms with Crippen molar-refractivity contribution in [3.8, 4) is 0 Å². The summed E-state index contributed by atoms with van der Waals surface area (Å²) in [5.74, 6) is 0.886. The topological polar surface area (TPSA) is 57.5 Å². The van der Waals surface area contributed by atoms with Gasteiger partial charge in [-0.15, -0.1) is 0 Å². The number of hydrogen-bond donors (Lipinski definition) is 2. The first-order chi connectivity index (χ1) is 12.2. The SMILES string of the molecule is CN=C(NCCCn1cc(C)cn1)NC1CCN(c2ccccc2)C1. The third-order valence-corrected chi connectivity index (χ3v) is 4.49. The number of aromatic nitrogens is 2. The van der Waals surface area contributed by atoms with Crippen molar-refractivity contribution >= 4 is 11.6 Å². The van der Waals surface area contributed by atoms with E-state index >= 15 is 0 Å². The Morgan fingerprint density at radius 2 is 2.16 bits per heavy atom. The highest BCUT2D eigenvalue weighted by Crippen LogP contribution is 2.19. The van der Waals surface area contributed by atoms with Gasteiger partial charge in [0.15, 0.2) is 5.96 Å². The number of aryl methyl sites for hydroxylation is 2. The van der Waals surface area contributed by atoms with Gasteiger partial charge in [-0.25, -0.2) is 0 Å². The molecule has 3 rings (SSSR count). The van der Waals surface area contributed by atoms with Crippen molar-refractivity contribution in [3.63, 3.8) is 0 Å². The minimum Gasteiger partial charge on any atom is -0.369 e. The number of aliphatic imine (C=N–C) groups is 1. The van der Waals surface area contributed by atoms with E-state index in [9.17, 15) is 0 Å². The van der Waals surface area contributed by atoms with Gasteiger partial charge in [0.2, 0.25) is 0 Å². The van der Waals surface area contributed by atoms with E-state index in [0.29, 0.717) is 6.04 Å². The highest BCUT2D eigenvalue weighted by Gasteiger charge is 2.23. The van der Waals surface area contributed by atoms with Crippen molar-refractivity contribution in [2.75, 3.05) is 31.6 Å². The molecule has 1 saturated heterocycles. The van der Waals surface area contributed by atoms with E-state index in [2.05, 4.69) is 69.1 Å². The molecular weight excluding hydrogens is 312 g/mol. The second kappa shape index (κ2) is 8.55. The Hall–Kier alpha value is -2.50. The van der Waals surface area contributed by atoms with E-state index in [1.54, 1.807) is 0 Å². The minimum absolute atomic E-state index is 0.431. The highest BCUT2D eigenvalue weighted by molar-refractivity contribution is 5.80. The van der Waals surface area contributed by atoms with E-state index in [1.807, 2.05) is 17.9 Å². The fourth-order valence-corrected chi connectivity index (χ4v) is 3.18. The first kappa shape index (κ1) is 17.3. The molecule has 6 nitrogen and oxygen atoms in total. The summed E-state index contributed by atoms with van der Waals surface area (Å²) in [7, 11) is 1.83. The van der Waals surface area contributed by atoms with Crippen LogP contribution in [0.2, 0.25) is 0 Å². The van der Waals surface area contributed by atoms with Crippen molar-refractivity contribution in [1.82, 2.24) is 20.4 Å². The van der Waals surface area contributed by atoms with Gasteiger partial charge in [-0.05, 0) is 37.5 Å². The summed E-state index contributed by atoms with van der Waals surface area (Å²) < 4.78 is 1.99. The van der Waals surface area contributed by atoms with Crippen LogP contribution in [-0.4, -0.2) is 48.5 Å². The zero-order valence-corrected chi connectivity index (χ0v) is 15.2. The normalized spacial score (nSPS) is 17.8. The predicted octanol–water partition coefficient (Wildman–Crippen LogP) is 2.03. The monoisotopic (exact) mass is 340 g/mol. The maximum atomic E-state index is 4.35. The first-order valence-electron chi connectivity index (χ1n) is 9.01. The van der Waals surface area contributed by atoms with Crippen LogP contribution in [0.4, 0.5) is 5.69 Å². The Morgan fingerprint density at radius 3 is 2.88 bits per heavy atom. The van der Waals surface area contributed by atoms with E-state index in [4.69, 9.17) is 0 Å². The first-order valence-corrected chi connectivity index (χ1v) is 9.01. The number of nitrogens with one attached hydrogen (secondary N) is 2. The Morgan fingerprint density at radius 1 is 1.32 bits per heavy atom. The molecule has 1 aromatic heterocycles. The summed E-state index contributed by atoms with van der Waals surface area (Å²) in [6.45, 7) is 5.96. The Labute approximate surface area is 149 Å². The van der Waals surface area contributed by atoms with Crippen LogP contribution in [0.15, 0.2) is 47.7 Å². The fraction of sp³-hybridized carbons (Fsp3) is 0.474. The largest absolute Gasteiger partial charge is 0.369 e. The molecule has 134 valence electrons. The predicted molar refractivity (Wildman–Crippen MR) is 103 cm³/mol. The van der Waals surface area contributed by atoms with Gasteiger partial charge in [0.1, 0.15) is 0 Å². The van der Waals surface area contributed by atoms with Crippen LogP contribution in [0.3, 0.4) is 0 Å². The fourth-order valence-electron chi connectivity index (χ4n) is 3.18. The van der Waals surface area contributed by atoms with Crippen LogP contribution in [0.1, 0.15) is 18.4 Å². The zero-order valence-electron chi connectivity index (χ0n) is 15.2. The van der Waals surface area contributed by atoms with Crippen LogP contribution in [0, 0.1) is 6.92 Å². The lowest BCUT2D eigenvalue weighted by molar-refractivity contribution is 0.565. The average molecular weight is 340 g/mol. The molecular formula is C19H28N6. The number of anilines is 1. The van der Waals surface area contributed by atoms with E-state index in [0.717, 1.165) is 45.0 Å². The Bertz CT molecular complexity index is 678. The summed E-state index contributed by atoms with van der Waals surface area (Å²) in [6.07, 6.45) is 6.11. The van der Waals surface area contributed by atoms with E-state index in [-0.39, 0.29) is 0 Å². The third kappa shape index (κ3) is 4.98. The molecule has 0 saturated carbocycles. The van der Waals surface area contributed by atoms with Crippen molar-refractivity contribution in [3.05, 3.63) is 48.3 Å². The van der Waals surface area contributed by atoms with Crippen molar-refractivity contribution in [1.29, 1.82) is 0 Å². The van der Waals surface area contributed by atoms with Crippen LogP contribution in [-0.2, 0) is 6.54 Å². The summed E-state index contributed by atoms with van der Waals surface area (Å²) >= 11 is 0. The second-order valence-corrected chi connectivity index (χ2v) is 6.54. The molecule has 6 heteroatoms. The van der Waals surface area contributed by atoms with Gasteiger partial charge in [0.05, 0.1) is 6.20 Å². The van der Waals surface area contributed by atoms with Gasteiger partial charge in [-0.2, -0.15) is 5.10 Å². The molecule has 0 spiro atoms. The van der Waals surface area contributed by atoms with Crippen LogP contribution in [0.25, 0.3) is 0 Å². The van der Waals surface area contributed by atoms with Gasteiger partial charge in [0.25, 0.3) is 0 Å². The smallest absolute Gasteiger partial charge is 0.191 e. The highest BCUT2D eigenvalue weighted by atomic mass is 15.3. The Balaban J connectivity index is 1.39. The lowest BCUT2D eigenvalue weighted by Gasteiger charge is -2.20. The maximum absolute atomic E-state index is 4.35. The number of benzene rings is 1. The van der Waals surface area contributed by atoms with Gasteiger partial charge in [-0.3, -0.25) is 9.67 Å². The molecule has 1 fully saturated rings. The number of nitrogens with zero attached hydrogens (tertiary/aromatic N) is 4. The Kier molecular flexibility index (Phi) is 5.93. The molecule has 25 heavy (non-hydrogen) atoms. The summed E-state index contributed by atoms with van der Waals surface area (Å²) in [6, 6.07) is 11.0. The molecule has 1 atom stereocenters. The minimum atomic E-state index is 0.431. The molecule has 0 aliphatic carbocycles. The molecule has 1 aromatic carbocycles. The van der Waals surface area contributed by atoms with Crippen molar-refractivity contribution in [2.45, 2.75) is 32.4 Å². The molecule has 1 aliphatic rings. The van der Waals surface area contributed by atoms with Crippen LogP contribution in [0.5, 0.6) is 0 Å². The second-order valence-electron chi connectivity index (χ2n) is 6.54. The molecule has 1 aliphatic heterocycles. The quantitative estimate of drug-likeness (QED) is 0.480. The molecule has 0 bridgehead atoms. The lowest BCUT2D eigenvalue weighted by Crippen LogP contribution is -2.45. The van der Waals surface area contributed by atoms with Gasteiger partial charge >= 0.3 is 0 Å². The van der Waals surface area contributed by atoms with Crippen LogP contribution < -0.4 is 15.5 Å². The van der Waals surface area contributed by atoms with Gasteiger partial charge in [0, 0.05) is 51.2 Å². The van der Waals surface area contributed by atoms with Crippen LogP contribution >= 0.6 is 0 Å². The average Bonchev–Trinajstić information content (AvgIpc) is 3.27. The van der Waals surface area contributed by atoms with Crippen molar-refractivity contribution < 1.29 is 0 Å². The number of rotatable bonds is 6. The number of hydrogen-bond acceptors (Lipinski definition) is 3. The summed E-state index contributed by atoms with van der Waals surface area (Å²) in [5.41, 5.74) is 2.50. The number of para-hydroxylation sites is 1. The molecule has 2 N–H and O–H groups in total.